The van der Waals surface area contributed by atoms with Crippen LogP contribution in [0.15, 0.2) is 28.7 Å². The van der Waals surface area contributed by atoms with Gasteiger partial charge in [0.05, 0.1) is 5.41 Å². The highest BCUT2D eigenvalue weighted by Gasteiger charge is 2.47. The summed E-state index contributed by atoms with van der Waals surface area (Å²) in [6, 6.07) is 6.06. The molecule has 25 heavy (non-hydrogen) atoms. The van der Waals surface area contributed by atoms with E-state index in [1.165, 1.54) is 12.1 Å². The van der Waals surface area contributed by atoms with Crippen LogP contribution in [0.2, 0.25) is 0 Å². The van der Waals surface area contributed by atoms with E-state index in [1.54, 1.807) is 12.1 Å². The van der Waals surface area contributed by atoms with Gasteiger partial charge in [0.25, 0.3) is 0 Å². The molecule has 1 aromatic carbocycles. The maximum atomic E-state index is 13.3. The molecule has 1 atom stereocenters. The lowest BCUT2D eigenvalue weighted by molar-refractivity contribution is -0.140. The number of amides is 1. The second-order valence-electron chi connectivity index (χ2n) is 7.17. The SMILES string of the molecule is CC1(c2nnc(-c3cccc(F)c3)o2)CN(C(=O)C[C@H]2CCOC2)C1. The number of hydrogen-bond donors (Lipinski definition) is 0. The molecule has 2 aliphatic rings. The Hall–Kier alpha value is -2.28. The number of rotatable bonds is 4. The fourth-order valence-corrected chi connectivity index (χ4v) is 3.43. The summed E-state index contributed by atoms with van der Waals surface area (Å²) in [4.78, 5) is 14.2. The first-order valence-corrected chi connectivity index (χ1v) is 8.49. The van der Waals surface area contributed by atoms with Crippen LogP contribution in [0.4, 0.5) is 4.39 Å². The van der Waals surface area contributed by atoms with E-state index in [4.69, 9.17) is 9.15 Å². The number of halogens is 1. The smallest absolute Gasteiger partial charge is 0.247 e. The summed E-state index contributed by atoms with van der Waals surface area (Å²) in [5.41, 5.74) is 0.205. The standard InChI is InChI=1S/C18H20FN3O3/c1-18(10-22(11-18)15(23)7-12-5-6-24-9-12)17-21-20-16(25-17)13-3-2-4-14(19)8-13/h2-4,8,12H,5-7,9-11H2,1H3/t12-/m1/s1. The highest BCUT2D eigenvalue weighted by molar-refractivity contribution is 5.78. The van der Waals surface area contributed by atoms with E-state index in [9.17, 15) is 9.18 Å². The van der Waals surface area contributed by atoms with Crippen LogP contribution >= 0.6 is 0 Å². The van der Waals surface area contributed by atoms with E-state index in [0.717, 1.165) is 13.0 Å². The number of benzene rings is 1. The summed E-state index contributed by atoms with van der Waals surface area (Å²) in [6.07, 6.45) is 1.49. The first kappa shape index (κ1) is 16.2. The monoisotopic (exact) mass is 345 g/mol. The van der Waals surface area contributed by atoms with Gasteiger partial charge >= 0.3 is 0 Å². The molecule has 2 aliphatic heterocycles. The molecule has 7 heteroatoms. The summed E-state index contributed by atoms with van der Waals surface area (Å²) >= 11 is 0. The van der Waals surface area contributed by atoms with Gasteiger partial charge in [0, 0.05) is 38.3 Å². The van der Waals surface area contributed by atoms with E-state index >= 15 is 0 Å². The molecule has 6 nitrogen and oxygen atoms in total. The first-order valence-electron chi connectivity index (χ1n) is 8.49. The zero-order valence-electron chi connectivity index (χ0n) is 14.1. The van der Waals surface area contributed by atoms with Gasteiger partial charge in [-0.3, -0.25) is 4.79 Å². The average Bonchev–Trinajstić information content (AvgIpc) is 3.23. The lowest BCUT2D eigenvalue weighted by Crippen LogP contribution is -2.60. The fraction of sp³-hybridized carbons (Fsp3) is 0.500. The Morgan fingerprint density at radius 1 is 1.40 bits per heavy atom. The van der Waals surface area contributed by atoms with Crippen LogP contribution < -0.4 is 0 Å². The van der Waals surface area contributed by atoms with Crippen molar-refractivity contribution < 1.29 is 18.3 Å². The Balaban J connectivity index is 1.40. The minimum absolute atomic E-state index is 0.151. The molecule has 3 heterocycles. The van der Waals surface area contributed by atoms with Crippen molar-refractivity contribution in [3.63, 3.8) is 0 Å². The van der Waals surface area contributed by atoms with Crippen molar-refractivity contribution in [1.82, 2.24) is 15.1 Å². The van der Waals surface area contributed by atoms with E-state index in [1.807, 2.05) is 11.8 Å². The lowest BCUT2D eigenvalue weighted by atomic mass is 9.81. The topological polar surface area (TPSA) is 68.5 Å². The number of ether oxygens (including phenoxy) is 1. The van der Waals surface area contributed by atoms with Crippen molar-refractivity contribution in [2.75, 3.05) is 26.3 Å². The molecule has 2 saturated heterocycles. The Morgan fingerprint density at radius 2 is 2.24 bits per heavy atom. The normalized spacial score (nSPS) is 22.0. The molecule has 0 radical (unpaired) electrons. The van der Waals surface area contributed by atoms with Crippen molar-refractivity contribution in [3.8, 4) is 11.5 Å². The molecule has 0 N–H and O–H groups in total. The molecule has 4 rings (SSSR count). The maximum Gasteiger partial charge on any atom is 0.247 e. The van der Waals surface area contributed by atoms with E-state index in [2.05, 4.69) is 10.2 Å². The van der Waals surface area contributed by atoms with Gasteiger partial charge in [-0.25, -0.2) is 4.39 Å². The first-order chi connectivity index (χ1) is 12.0. The van der Waals surface area contributed by atoms with Crippen LogP contribution in [0.1, 0.15) is 25.7 Å². The lowest BCUT2D eigenvalue weighted by Gasteiger charge is -2.45. The predicted molar refractivity (Wildman–Crippen MR) is 87.2 cm³/mol. The molecule has 0 saturated carbocycles. The minimum Gasteiger partial charge on any atom is -0.420 e. The maximum absolute atomic E-state index is 13.3. The third kappa shape index (κ3) is 3.16. The van der Waals surface area contributed by atoms with Crippen molar-refractivity contribution in [2.45, 2.75) is 25.2 Å². The van der Waals surface area contributed by atoms with Crippen molar-refractivity contribution in [1.29, 1.82) is 0 Å². The Kier molecular flexibility index (Phi) is 4.03. The number of hydrogen-bond acceptors (Lipinski definition) is 5. The van der Waals surface area contributed by atoms with Gasteiger partial charge < -0.3 is 14.1 Å². The van der Waals surface area contributed by atoms with Gasteiger partial charge in [-0.15, -0.1) is 10.2 Å². The zero-order valence-corrected chi connectivity index (χ0v) is 14.1. The molecule has 2 fully saturated rings. The van der Waals surface area contributed by atoms with E-state index in [-0.39, 0.29) is 17.1 Å². The fourth-order valence-electron chi connectivity index (χ4n) is 3.43. The number of nitrogens with zero attached hydrogens (tertiary/aromatic N) is 3. The molecule has 1 aromatic heterocycles. The second-order valence-corrected chi connectivity index (χ2v) is 7.17. The third-order valence-electron chi connectivity index (χ3n) is 4.93. The highest BCUT2D eigenvalue weighted by atomic mass is 19.1. The van der Waals surface area contributed by atoms with Crippen LogP contribution in [0.25, 0.3) is 11.5 Å². The van der Waals surface area contributed by atoms with Crippen molar-refractivity contribution in [2.24, 2.45) is 5.92 Å². The van der Waals surface area contributed by atoms with Gasteiger partial charge in [0.15, 0.2) is 0 Å². The largest absolute Gasteiger partial charge is 0.420 e. The molecule has 0 aliphatic carbocycles. The number of carbonyl (C=O) groups excluding carboxylic acids is 1. The quantitative estimate of drug-likeness (QED) is 0.851. The van der Waals surface area contributed by atoms with Crippen LogP contribution in [-0.4, -0.2) is 47.3 Å². The molecule has 0 unspecified atom stereocenters. The van der Waals surface area contributed by atoms with E-state index in [0.29, 0.717) is 49.4 Å². The van der Waals surface area contributed by atoms with E-state index < -0.39 is 0 Å². The third-order valence-corrected chi connectivity index (χ3v) is 4.93. The summed E-state index contributed by atoms with van der Waals surface area (Å²) in [7, 11) is 0. The summed E-state index contributed by atoms with van der Waals surface area (Å²) in [5.74, 6) is 0.920. The van der Waals surface area contributed by atoms with Gasteiger partial charge in [-0.2, -0.15) is 0 Å². The molecule has 132 valence electrons. The Bertz CT molecular complexity index is 779. The highest BCUT2D eigenvalue weighted by Crippen LogP contribution is 2.35. The van der Waals surface area contributed by atoms with Crippen LogP contribution in [0, 0.1) is 11.7 Å². The van der Waals surface area contributed by atoms with Crippen molar-refractivity contribution in [3.05, 3.63) is 36.0 Å². The Labute approximate surface area is 145 Å². The number of aromatic nitrogens is 2. The minimum atomic E-state index is -0.347. The van der Waals surface area contributed by atoms with Crippen LogP contribution in [0.3, 0.4) is 0 Å². The van der Waals surface area contributed by atoms with Crippen molar-refractivity contribution >= 4 is 5.91 Å². The molecular formula is C18H20FN3O3. The summed E-state index contributed by atoms with van der Waals surface area (Å²) in [6.45, 7) is 4.55. The van der Waals surface area contributed by atoms with Crippen LogP contribution in [-0.2, 0) is 14.9 Å². The van der Waals surface area contributed by atoms with Gasteiger partial charge in [0.1, 0.15) is 5.82 Å². The molecular weight excluding hydrogens is 325 g/mol. The van der Waals surface area contributed by atoms with Gasteiger partial charge in [-0.05, 0) is 37.5 Å². The van der Waals surface area contributed by atoms with Gasteiger partial charge in [-0.1, -0.05) is 6.07 Å². The summed E-state index contributed by atoms with van der Waals surface area (Å²) < 4.78 is 24.4. The van der Waals surface area contributed by atoms with Crippen LogP contribution in [0.5, 0.6) is 0 Å². The predicted octanol–water partition coefficient (Wildman–Crippen LogP) is 2.40. The average molecular weight is 345 g/mol. The molecule has 2 aromatic rings. The molecule has 0 bridgehead atoms. The van der Waals surface area contributed by atoms with Gasteiger partial charge in [0.2, 0.25) is 17.7 Å². The Morgan fingerprint density at radius 3 is 2.96 bits per heavy atom. The molecule has 1 amide bonds. The molecule has 0 spiro atoms. The zero-order chi connectivity index (χ0) is 17.4. The summed E-state index contributed by atoms with van der Waals surface area (Å²) in [5, 5.41) is 8.14. The number of carbonyl (C=O) groups is 1. The second kappa shape index (κ2) is 6.22. The number of likely N-dealkylation sites (tertiary alicyclic amines) is 1.